The number of piperazine rings is 1. The Morgan fingerprint density at radius 2 is 1.88 bits per heavy atom. The molecule has 2 rings (SSSR count). The van der Waals surface area contributed by atoms with Gasteiger partial charge in [-0.3, -0.25) is 0 Å². The summed E-state index contributed by atoms with van der Waals surface area (Å²) < 4.78 is 0. The molecule has 0 spiro atoms. The van der Waals surface area contributed by atoms with Crippen molar-refractivity contribution in [3.63, 3.8) is 0 Å². The normalized spacial score (nSPS) is 17.6. The number of anilines is 1. The summed E-state index contributed by atoms with van der Waals surface area (Å²) in [6.07, 6.45) is 3.36. The maximum atomic E-state index is 11.0. The van der Waals surface area contributed by atoms with Crippen LogP contribution in [0.4, 0.5) is 5.95 Å². The van der Waals surface area contributed by atoms with Crippen molar-refractivity contribution in [3.05, 3.63) is 23.7 Å². The van der Waals surface area contributed by atoms with Gasteiger partial charge in [0.15, 0.2) is 0 Å². The molecule has 1 aliphatic rings. The third kappa shape index (κ3) is 2.10. The Labute approximate surface area is 92.0 Å². The first-order chi connectivity index (χ1) is 7.81. The molecular weight excluding hydrogens is 212 g/mol. The third-order valence-electron chi connectivity index (χ3n) is 2.41. The molecule has 1 N–H and O–H groups in total. The van der Waals surface area contributed by atoms with Crippen molar-refractivity contribution in [2.24, 2.45) is 5.28 Å². The van der Waals surface area contributed by atoms with E-state index in [1.165, 1.54) is 5.01 Å². The van der Waals surface area contributed by atoms with Crippen LogP contribution in [0.1, 0.15) is 0 Å². The fraction of sp³-hybridized carbons (Fsp3) is 0.500. The van der Waals surface area contributed by atoms with Gasteiger partial charge >= 0.3 is 0 Å². The van der Waals surface area contributed by atoms with Crippen molar-refractivity contribution in [3.8, 4) is 0 Å². The quantitative estimate of drug-likeness (QED) is 0.427. The van der Waals surface area contributed by atoms with Gasteiger partial charge in [-0.25, -0.2) is 9.97 Å². The molecule has 0 radical (unpaired) electrons. The van der Waals surface area contributed by atoms with E-state index in [0.717, 1.165) is 0 Å². The van der Waals surface area contributed by atoms with E-state index < -0.39 is 0 Å². The van der Waals surface area contributed by atoms with Crippen LogP contribution in [0.5, 0.6) is 0 Å². The molecule has 8 nitrogen and oxygen atoms in total. The highest BCUT2D eigenvalue weighted by atomic mass is 16.6. The van der Waals surface area contributed by atoms with Crippen LogP contribution in [-0.4, -0.2) is 51.3 Å². The zero-order valence-electron chi connectivity index (χ0n) is 8.60. The number of hydrogen-bond donors (Lipinski definition) is 1. The summed E-state index contributed by atoms with van der Waals surface area (Å²) in [5.41, 5.74) is 0. The van der Waals surface area contributed by atoms with Crippen LogP contribution in [0, 0.1) is 5.21 Å². The van der Waals surface area contributed by atoms with E-state index in [1.807, 2.05) is 4.90 Å². The number of rotatable bonds is 2. The monoisotopic (exact) mass is 224 g/mol. The molecule has 0 aromatic carbocycles. The van der Waals surface area contributed by atoms with Gasteiger partial charge in [-0.2, -0.15) is 0 Å². The second kappa shape index (κ2) is 4.60. The predicted octanol–water partition coefficient (Wildman–Crippen LogP) is -0.135. The molecule has 0 aliphatic carbocycles. The zero-order chi connectivity index (χ0) is 11.4. The molecule has 2 heterocycles. The van der Waals surface area contributed by atoms with Crippen LogP contribution in [-0.2, 0) is 0 Å². The van der Waals surface area contributed by atoms with Gasteiger partial charge in [0.2, 0.25) is 11.2 Å². The number of hydrogen-bond acceptors (Lipinski definition) is 5. The highest BCUT2D eigenvalue weighted by molar-refractivity contribution is 5.28. The molecular formula is C8H12N6O2. The maximum absolute atomic E-state index is 11.0. The SMILES string of the molecule is [O-]/[N+](=N/O)N1CCN(c2ncccn2)CC1. The zero-order valence-corrected chi connectivity index (χ0v) is 8.60. The van der Waals surface area contributed by atoms with Crippen molar-refractivity contribution in [2.75, 3.05) is 31.1 Å². The Kier molecular flexibility index (Phi) is 2.99. The second-order valence-electron chi connectivity index (χ2n) is 3.33. The van der Waals surface area contributed by atoms with Gasteiger partial charge < -0.3 is 15.3 Å². The third-order valence-corrected chi connectivity index (χ3v) is 2.41. The highest BCUT2D eigenvalue weighted by Crippen LogP contribution is 2.09. The van der Waals surface area contributed by atoms with E-state index in [4.69, 9.17) is 5.21 Å². The topological polar surface area (TPSA) is 90.9 Å². The van der Waals surface area contributed by atoms with Crippen LogP contribution >= 0.6 is 0 Å². The molecule has 0 amide bonds. The van der Waals surface area contributed by atoms with E-state index in [0.29, 0.717) is 32.1 Å². The molecule has 0 saturated carbocycles. The molecule has 1 aromatic heterocycles. The van der Waals surface area contributed by atoms with Gasteiger partial charge in [0.25, 0.3) is 0 Å². The Hall–Kier alpha value is -2.12. The lowest BCUT2D eigenvalue weighted by atomic mass is 10.4. The first-order valence-electron chi connectivity index (χ1n) is 4.90. The lowest BCUT2D eigenvalue weighted by Crippen LogP contribution is -2.49. The van der Waals surface area contributed by atoms with Gasteiger partial charge in [-0.15, -0.1) is 5.01 Å². The van der Waals surface area contributed by atoms with E-state index in [1.54, 1.807) is 18.5 Å². The smallest absolute Gasteiger partial charge is 0.230 e. The van der Waals surface area contributed by atoms with Crippen LogP contribution < -0.4 is 4.90 Å². The Balaban J connectivity index is 1.96. The van der Waals surface area contributed by atoms with Crippen molar-refractivity contribution in [2.45, 2.75) is 0 Å². The second-order valence-corrected chi connectivity index (χ2v) is 3.33. The minimum Gasteiger partial charge on any atom is -0.569 e. The first kappa shape index (κ1) is 10.4. The minimum atomic E-state index is 0.198. The standard InChI is InChI=1S/C8H12N6O2/c15-11-14(16)13-6-4-12(5-7-13)8-9-2-1-3-10-8/h1-3,15H,4-7H2/b14-11+. The van der Waals surface area contributed by atoms with Gasteiger partial charge in [-0.05, 0) is 6.07 Å². The van der Waals surface area contributed by atoms with Crippen LogP contribution in [0.3, 0.4) is 0 Å². The van der Waals surface area contributed by atoms with Crippen LogP contribution in [0.25, 0.3) is 0 Å². The van der Waals surface area contributed by atoms with Gasteiger partial charge in [-0.1, -0.05) is 0 Å². The largest absolute Gasteiger partial charge is 0.569 e. The van der Waals surface area contributed by atoms with E-state index >= 15 is 0 Å². The molecule has 0 unspecified atom stereocenters. The summed E-state index contributed by atoms with van der Waals surface area (Å²) in [6, 6.07) is 1.75. The lowest BCUT2D eigenvalue weighted by molar-refractivity contribution is -0.710. The number of nitrogens with zero attached hydrogens (tertiary/aromatic N) is 6. The molecule has 16 heavy (non-hydrogen) atoms. The van der Waals surface area contributed by atoms with Gasteiger partial charge in [0.1, 0.15) is 0 Å². The van der Waals surface area contributed by atoms with Crippen molar-refractivity contribution in [1.29, 1.82) is 0 Å². The molecule has 1 fully saturated rings. The maximum Gasteiger partial charge on any atom is 0.230 e. The number of aromatic nitrogens is 2. The highest BCUT2D eigenvalue weighted by Gasteiger charge is 2.23. The Morgan fingerprint density at radius 3 is 2.44 bits per heavy atom. The molecule has 1 aromatic rings. The van der Waals surface area contributed by atoms with E-state index in [-0.39, 0.29) is 4.97 Å². The Bertz CT molecular complexity index is 362. The number of hydrazine groups is 1. The van der Waals surface area contributed by atoms with Crippen molar-refractivity contribution >= 4 is 5.95 Å². The van der Waals surface area contributed by atoms with Crippen LogP contribution in [0.2, 0.25) is 0 Å². The predicted molar refractivity (Wildman–Crippen MR) is 53.7 cm³/mol. The molecule has 0 bridgehead atoms. The summed E-state index contributed by atoms with van der Waals surface area (Å²) in [5, 5.41) is 23.3. The summed E-state index contributed by atoms with van der Waals surface area (Å²) in [4.78, 5) is 10.4. The molecule has 1 aliphatic heterocycles. The fourth-order valence-electron chi connectivity index (χ4n) is 1.58. The summed E-state index contributed by atoms with van der Waals surface area (Å²) in [6.45, 7) is 2.20. The van der Waals surface area contributed by atoms with Gasteiger partial charge in [0.05, 0.1) is 18.1 Å². The fourth-order valence-corrected chi connectivity index (χ4v) is 1.58. The van der Waals surface area contributed by atoms with Crippen molar-refractivity contribution in [1.82, 2.24) is 15.0 Å². The lowest BCUT2D eigenvalue weighted by Gasteiger charge is -2.31. The molecule has 8 heteroatoms. The molecule has 86 valence electrons. The van der Waals surface area contributed by atoms with E-state index in [9.17, 15) is 5.21 Å². The van der Waals surface area contributed by atoms with Gasteiger partial charge in [0, 0.05) is 25.5 Å². The van der Waals surface area contributed by atoms with E-state index in [2.05, 4.69) is 15.2 Å². The average Bonchev–Trinajstić information content (AvgIpc) is 2.39. The van der Waals surface area contributed by atoms with Crippen LogP contribution in [0.15, 0.2) is 23.7 Å². The summed E-state index contributed by atoms with van der Waals surface area (Å²) in [5.74, 6) is 0.653. The average molecular weight is 224 g/mol. The summed E-state index contributed by atoms with van der Waals surface area (Å²) >= 11 is 0. The molecule has 0 atom stereocenters. The van der Waals surface area contributed by atoms with Crippen molar-refractivity contribution < 1.29 is 10.2 Å². The summed E-state index contributed by atoms with van der Waals surface area (Å²) in [7, 11) is 0. The first-order valence-corrected chi connectivity index (χ1v) is 4.90. The molecule has 1 saturated heterocycles. The minimum absolute atomic E-state index is 0.198. The Morgan fingerprint density at radius 1 is 1.25 bits per heavy atom.